The Morgan fingerprint density at radius 1 is 0.511 bits per heavy atom. The molecule has 0 atom stereocenters. The molecule has 5 aromatic rings. The minimum absolute atomic E-state index is 0.0602. The van der Waals surface area contributed by atoms with Crippen molar-refractivity contribution in [1.82, 2.24) is 10.6 Å². The fraction of sp³-hybridized carbons (Fsp3) is 0.179. The predicted molar refractivity (Wildman–Crippen MR) is 177 cm³/mol. The highest BCUT2D eigenvalue weighted by atomic mass is 16.5. The molecule has 2 amide bonds. The normalized spacial score (nSPS) is 11.1. The van der Waals surface area contributed by atoms with Gasteiger partial charge in [0.15, 0.2) is 11.5 Å². The third-order valence-corrected chi connectivity index (χ3v) is 7.51. The average molecular weight is 599 g/mol. The maximum absolute atomic E-state index is 14.3. The second kappa shape index (κ2) is 14.9. The summed E-state index contributed by atoms with van der Waals surface area (Å²) in [5, 5.41) is 6.33. The van der Waals surface area contributed by atoms with E-state index in [2.05, 4.69) is 10.6 Å². The van der Waals surface area contributed by atoms with Crippen LogP contribution in [0, 0.1) is 0 Å². The molecule has 0 aliphatic heterocycles. The van der Waals surface area contributed by atoms with Crippen LogP contribution in [0.1, 0.15) is 59.7 Å². The summed E-state index contributed by atoms with van der Waals surface area (Å²) in [6, 6.07) is 44.0. The van der Waals surface area contributed by atoms with Gasteiger partial charge in [-0.1, -0.05) is 127 Å². The molecule has 0 fully saturated rings. The number of benzene rings is 5. The number of hydrogen-bond donors (Lipinski definition) is 2. The Bertz CT molecular complexity index is 1500. The van der Waals surface area contributed by atoms with Crippen molar-refractivity contribution in [2.75, 3.05) is 7.11 Å². The van der Waals surface area contributed by atoms with Crippen molar-refractivity contribution in [2.45, 2.75) is 38.0 Å². The zero-order valence-electron chi connectivity index (χ0n) is 25.7. The summed E-state index contributed by atoms with van der Waals surface area (Å²) in [5.74, 6) is -0.636. The van der Waals surface area contributed by atoms with Gasteiger partial charge in [-0.05, 0) is 53.8 Å². The average Bonchev–Trinajstić information content (AvgIpc) is 3.06. The van der Waals surface area contributed by atoms with Crippen LogP contribution in [-0.2, 0) is 9.59 Å². The second-order valence-electron chi connectivity index (χ2n) is 11.0. The lowest BCUT2D eigenvalue weighted by Crippen LogP contribution is -2.44. The summed E-state index contributed by atoms with van der Waals surface area (Å²) in [4.78, 5) is 28.5. The van der Waals surface area contributed by atoms with E-state index in [9.17, 15) is 9.59 Å². The lowest BCUT2D eigenvalue weighted by molar-refractivity contribution is -0.125. The van der Waals surface area contributed by atoms with Crippen LogP contribution in [0.15, 0.2) is 140 Å². The third kappa shape index (κ3) is 7.78. The van der Waals surface area contributed by atoms with Gasteiger partial charge in [-0.25, -0.2) is 0 Å². The van der Waals surface area contributed by atoms with Gasteiger partial charge in [0.05, 0.1) is 25.0 Å². The molecule has 0 aliphatic rings. The van der Waals surface area contributed by atoms with Gasteiger partial charge in [-0.15, -0.1) is 0 Å². The third-order valence-electron chi connectivity index (χ3n) is 7.51. The molecule has 2 N–H and O–H groups in total. The Balaban J connectivity index is 1.55. The van der Waals surface area contributed by atoms with Crippen LogP contribution >= 0.6 is 0 Å². The lowest BCUT2D eigenvalue weighted by atomic mass is 9.89. The highest BCUT2D eigenvalue weighted by Crippen LogP contribution is 2.33. The molecule has 6 nitrogen and oxygen atoms in total. The van der Waals surface area contributed by atoms with Crippen LogP contribution in [-0.4, -0.2) is 25.0 Å². The Morgan fingerprint density at radius 3 is 1.22 bits per heavy atom. The molecular weight excluding hydrogens is 560 g/mol. The maximum atomic E-state index is 14.3. The lowest BCUT2D eigenvalue weighted by Gasteiger charge is -2.27. The standard InChI is InChI=1S/C39H38N2O4/c1-27(2)45-33-25-24-32(26-34(33)44-3)37(40-38(42)35(28-16-8-4-9-17-28)29-18-10-5-11-19-29)41-39(43)36(30-20-12-6-13-21-30)31-22-14-7-15-23-31/h4-27,35-37H,1-3H3,(H,40,42)(H,41,43). The van der Waals surface area contributed by atoms with Crippen molar-refractivity contribution < 1.29 is 19.1 Å². The maximum Gasteiger partial charge on any atom is 0.233 e. The summed E-state index contributed by atoms with van der Waals surface area (Å²) in [6.07, 6.45) is -0.938. The molecule has 0 bridgehead atoms. The van der Waals surface area contributed by atoms with Gasteiger partial charge in [0.1, 0.15) is 6.17 Å². The van der Waals surface area contributed by atoms with Crippen molar-refractivity contribution in [3.05, 3.63) is 167 Å². The van der Waals surface area contributed by atoms with E-state index in [1.54, 1.807) is 19.2 Å². The monoisotopic (exact) mass is 598 g/mol. The number of amides is 2. The second-order valence-corrected chi connectivity index (χ2v) is 11.0. The zero-order valence-corrected chi connectivity index (χ0v) is 25.7. The molecule has 0 saturated carbocycles. The smallest absolute Gasteiger partial charge is 0.233 e. The topological polar surface area (TPSA) is 76.7 Å². The van der Waals surface area contributed by atoms with E-state index in [-0.39, 0.29) is 17.9 Å². The molecule has 0 heterocycles. The van der Waals surface area contributed by atoms with Crippen LogP contribution in [0.3, 0.4) is 0 Å². The van der Waals surface area contributed by atoms with Crippen molar-refractivity contribution in [2.24, 2.45) is 0 Å². The van der Waals surface area contributed by atoms with Crippen LogP contribution in [0.25, 0.3) is 0 Å². The van der Waals surface area contributed by atoms with Crippen molar-refractivity contribution in [3.8, 4) is 11.5 Å². The Labute approximate surface area is 265 Å². The van der Waals surface area contributed by atoms with E-state index in [4.69, 9.17) is 9.47 Å². The van der Waals surface area contributed by atoms with Gasteiger partial charge >= 0.3 is 0 Å². The van der Waals surface area contributed by atoms with Gasteiger partial charge in [-0.3, -0.25) is 9.59 Å². The quantitative estimate of drug-likeness (QED) is 0.147. The van der Waals surface area contributed by atoms with E-state index >= 15 is 0 Å². The molecule has 0 radical (unpaired) electrons. The number of carbonyl (C=O) groups excluding carboxylic acids is 2. The van der Waals surface area contributed by atoms with E-state index in [1.807, 2.05) is 141 Å². The molecule has 0 aromatic heterocycles. The predicted octanol–water partition coefficient (Wildman–Crippen LogP) is 7.38. The van der Waals surface area contributed by atoms with Crippen molar-refractivity contribution in [3.63, 3.8) is 0 Å². The number of methoxy groups -OCH3 is 1. The first kappa shape index (κ1) is 31.1. The Kier molecular flexibility index (Phi) is 10.3. The fourth-order valence-electron chi connectivity index (χ4n) is 5.44. The molecular formula is C39H38N2O4. The Hall–Kier alpha value is -5.36. The largest absolute Gasteiger partial charge is 0.493 e. The summed E-state index contributed by atoms with van der Waals surface area (Å²) in [5.41, 5.74) is 4.02. The highest BCUT2D eigenvalue weighted by Gasteiger charge is 2.30. The first-order valence-corrected chi connectivity index (χ1v) is 15.1. The minimum Gasteiger partial charge on any atom is -0.493 e. The first-order valence-electron chi connectivity index (χ1n) is 15.1. The number of ether oxygens (including phenoxy) is 2. The molecule has 0 aliphatic carbocycles. The minimum atomic E-state index is -0.878. The zero-order chi connectivity index (χ0) is 31.6. The molecule has 228 valence electrons. The van der Waals surface area contributed by atoms with E-state index < -0.39 is 18.0 Å². The summed E-state index contributed by atoms with van der Waals surface area (Å²) in [7, 11) is 1.57. The number of hydrogen-bond acceptors (Lipinski definition) is 4. The Morgan fingerprint density at radius 2 is 0.889 bits per heavy atom. The van der Waals surface area contributed by atoms with E-state index in [1.165, 1.54) is 0 Å². The number of rotatable bonds is 12. The van der Waals surface area contributed by atoms with Gasteiger partial charge in [0.2, 0.25) is 11.8 Å². The molecule has 45 heavy (non-hydrogen) atoms. The molecule has 0 spiro atoms. The first-order chi connectivity index (χ1) is 21.9. The summed E-state index contributed by atoms with van der Waals surface area (Å²) < 4.78 is 11.6. The highest BCUT2D eigenvalue weighted by molar-refractivity contribution is 5.90. The SMILES string of the molecule is COc1cc(C(NC(=O)C(c2ccccc2)c2ccccc2)NC(=O)C(c2ccccc2)c2ccccc2)ccc1OC(C)C. The van der Waals surface area contributed by atoms with E-state index in [0.29, 0.717) is 17.1 Å². The van der Waals surface area contributed by atoms with Gasteiger partial charge in [0.25, 0.3) is 0 Å². The van der Waals surface area contributed by atoms with Gasteiger partial charge < -0.3 is 20.1 Å². The summed E-state index contributed by atoms with van der Waals surface area (Å²) in [6.45, 7) is 3.88. The molecule has 6 heteroatoms. The molecule has 0 unspecified atom stereocenters. The van der Waals surface area contributed by atoms with Crippen molar-refractivity contribution in [1.29, 1.82) is 0 Å². The fourth-order valence-corrected chi connectivity index (χ4v) is 5.44. The summed E-state index contributed by atoms with van der Waals surface area (Å²) >= 11 is 0. The van der Waals surface area contributed by atoms with Crippen LogP contribution in [0.5, 0.6) is 11.5 Å². The molecule has 0 saturated heterocycles. The van der Waals surface area contributed by atoms with Crippen LogP contribution in [0.4, 0.5) is 0 Å². The van der Waals surface area contributed by atoms with Gasteiger partial charge in [0, 0.05) is 0 Å². The van der Waals surface area contributed by atoms with Gasteiger partial charge in [-0.2, -0.15) is 0 Å². The van der Waals surface area contributed by atoms with E-state index in [0.717, 1.165) is 22.3 Å². The molecule has 5 rings (SSSR count). The van der Waals surface area contributed by atoms with Crippen molar-refractivity contribution >= 4 is 11.8 Å². The van der Waals surface area contributed by atoms with Crippen LogP contribution in [0.2, 0.25) is 0 Å². The number of carbonyl (C=O) groups is 2. The van der Waals surface area contributed by atoms with Crippen LogP contribution < -0.4 is 20.1 Å². The number of nitrogens with one attached hydrogen (secondary N) is 2. The molecule has 5 aromatic carbocycles.